The molecule has 0 saturated carbocycles. The van der Waals surface area contributed by atoms with Crippen LogP contribution in [-0.2, 0) is 13.0 Å². The lowest BCUT2D eigenvalue weighted by atomic mass is 10.1. The molecule has 8 nitrogen and oxygen atoms in total. The first-order chi connectivity index (χ1) is 15.6. The summed E-state index contributed by atoms with van der Waals surface area (Å²) in [6.45, 7) is 0.375. The predicted octanol–water partition coefficient (Wildman–Crippen LogP) is 4.70. The molecule has 0 radical (unpaired) electrons. The summed E-state index contributed by atoms with van der Waals surface area (Å²) in [6.07, 6.45) is 1.61. The second-order valence-corrected chi connectivity index (χ2v) is 7.26. The van der Waals surface area contributed by atoms with Crippen molar-refractivity contribution in [3.05, 3.63) is 77.0 Å². The zero-order chi connectivity index (χ0) is 22.5. The molecule has 164 valence electrons. The van der Waals surface area contributed by atoms with E-state index in [1.54, 1.807) is 50.6 Å². The van der Waals surface area contributed by atoms with Gasteiger partial charge < -0.3 is 19.2 Å². The number of nitrogens with zero attached hydrogens (tertiary/aromatic N) is 3. The Bertz CT molecular complexity index is 1220. The third-order valence-electron chi connectivity index (χ3n) is 4.78. The highest BCUT2D eigenvalue weighted by molar-refractivity contribution is 6.31. The molecule has 0 aliphatic heterocycles. The van der Waals surface area contributed by atoms with Crippen LogP contribution in [0.4, 0.5) is 5.95 Å². The van der Waals surface area contributed by atoms with E-state index in [1.165, 1.54) is 10.9 Å². The molecule has 0 aliphatic rings. The SMILES string of the molecule is COc1ccc(CC(=O)n2nc(-c3ccco3)nc2NCc2ccccc2Cl)cc1OC. The number of hydrogen-bond acceptors (Lipinski definition) is 7. The van der Waals surface area contributed by atoms with E-state index in [9.17, 15) is 4.79 Å². The van der Waals surface area contributed by atoms with Gasteiger partial charge in [-0.2, -0.15) is 9.67 Å². The monoisotopic (exact) mass is 452 g/mol. The van der Waals surface area contributed by atoms with Crippen molar-refractivity contribution in [2.75, 3.05) is 19.5 Å². The van der Waals surface area contributed by atoms with Crippen molar-refractivity contribution in [2.24, 2.45) is 0 Å². The quantitative estimate of drug-likeness (QED) is 0.414. The van der Waals surface area contributed by atoms with E-state index in [-0.39, 0.29) is 12.3 Å². The van der Waals surface area contributed by atoms with Gasteiger partial charge in [0.1, 0.15) is 0 Å². The third kappa shape index (κ3) is 4.60. The summed E-state index contributed by atoms with van der Waals surface area (Å²) < 4.78 is 17.2. The van der Waals surface area contributed by atoms with Crippen molar-refractivity contribution in [3.63, 3.8) is 0 Å². The van der Waals surface area contributed by atoms with E-state index >= 15 is 0 Å². The van der Waals surface area contributed by atoms with Crippen LogP contribution in [0.2, 0.25) is 5.02 Å². The second kappa shape index (κ2) is 9.57. The van der Waals surface area contributed by atoms with E-state index in [1.807, 2.05) is 18.2 Å². The smallest absolute Gasteiger partial charge is 0.254 e. The first-order valence-corrected chi connectivity index (χ1v) is 10.2. The molecule has 0 fully saturated rings. The summed E-state index contributed by atoms with van der Waals surface area (Å²) >= 11 is 6.25. The van der Waals surface area contributed by atoms with Gasteiger partial charge in [-0.15, -0.1) is 5.10 Å². The summed E-state index contributed by atoms with van der Waals surface area (Å²) in [6, 6.07) is 16.2. The van der Waals surface area contributed by atoms with Crippen LogP contribution in [0.3, 0.4) is 0 Å². The zero-order valence-electron chi connectivity index (χ0n) is 17.5. The van der Waals surface area contributed by atoms with Crippen LogP contribution in [-0.4, -0.2) is 34.9 Å². The van der Waals surface area contributed by atoms with Crippen molar-refractivity contribution < 1.29 is 18.7 Å². The van der Waals surface area contributed by atoms with Crippen LogP contribution >= 0.6 is 11.6 Å². The first kappa shape index (κ1) is 21.5. The van der Waals surface area contributed by atoms with Gasteiger partial charge in [-0.05, 0) is 41.5 Å². The molecule has 0 amide bonds. The molecule has 0 aliphatic carbocycles. The van der Waals surface area contributed by atoms with Gasteiger partial charge in [0.25, 0.3) is 5.91 Å². The molecule has 2 heterocycles. The van der Waals surface area contributed by atoms with Gasteiger partial charge in [-0.3, -0.25) is 4.79 Å². The molecule has 2 aromatic carbocycles. The summed E-state index contributed by atoms with van der Waals surface area (Å²) in [5.41, 5.74) is 1.62. The average molecular weight is 453 g/mol. The Balaban J connectivity index is 1.61. The third-order valence-corrected chi connectivity index (χ3v) is 5.15. The highest BCUT2D eigenvalue weighted by atomic mass is 35.5. The van der Waals surface area contributed by atoms with E-state index in [0.29, 0.717) is 40.6 Å². The van der Waals surface area contributed by atoms with E-state index in [4.69, 9.17) is 25.5 Å². The largest absolute Gasteiger partial charge is 0.493 e. The van der Waals surface area contributed by atoms with Crippen LogP contribution < -0.4 is 14.8 Å². The molecule has 32 heavy (non-hydrogen) atoms. The number of benzene rings is 2. The minimum atomic E-state index is -0.274. The summed E-state index contributed by atoms with van der Waals surface area (Å²) in [7, 11) is 3.11. The molecule has 0 atom stereocenters. The molecule has 0 spiro atoms. The Morgan fingerprint density at radius 1 is 1.09 bits per heavy atom. The van der Waals surface area contributed by atoms with Crippen molar-refractivity contribution >= 4 is 23.5 Å². The lowest BCUT2D eigenvalue weighted by Gasteiger charge is -2.10. The fourth-order valence-electron chi connectivity index (χ4n) is 3.17. The van der Waals surface area contributed by atoms with Gasteiger partial charge in [0.15, 0.2) is 17.3 Å². The number of carbonyl (C=O) groups is 1. The number of carbonyl (C=O) groups excluding carboxylic acids is 1. The Labute approximate surface area is 189 Å². The number of furan rings is 1. The molecule has 4 aromatic rings. The lowest BCUT2D eigenvalue weighted by Crippen LogP contribution is -2.18. The average Bonchev–Trinajstić information content (AvgIpc) is 3.48. The second-order valence-electron chi connectivity index (χ2n) is 6.85. The maximum atomic E-state index is 13.1. The number of ether oxygens (including phenoxy) is 2. The highest BCUT2D eigenvalue weighted by Gasteiger charge is 2.20. The molecule has 2 aromatic heterocycles. The van der Waals surface area contributed by atoms with Gasteiger partial charge in [-0.1, -0.05) is 35.9 Å². The Morgan fingerprint density at radius 3 is 2.62 bits per heavy atom. The van der Waals surface area contributed by atoms with Gasteiger partial charge >= 0.3 is 0 Å². The number of aromatic nitrogens is 3. The molecule has 0 saturated heterocycles. The maximum Gasteiger partial charge on any atom is 0.254 e. The number of nitrogens with one attached hydrogen (secondary N) is 1. The number of rotatable bonds is 8. The molecule has 1 N–H and O–H groups in total. The van der Waals surface area contributed by atoms with E-state index in [2.05, 4.69) is 15.4 Å². The van der Waals surface area contributed by atoms with Crippen LogP contribution in [0, 0.1) is 0 Å². The van der Waals surface area contributed by atoms with E-state index in [0.717, 1.165) is 11.1 Å². The lowest BCUT2D eigenvalue weighted by molar-refractivity contribution is 0.0901. The summed E-state index contributed by atoms with van der Waals surface area (Å²) in [5.74, 6) is 1.92. The van der Waals surface area contributed by atoms with Gasteiger partial charge in [0, 0.05) is 11.6 Å². The zero-order valence-corrected chi connectivity index (χ0v) is 18.3. The summed E-state index contributed by atoms with van der Waals surface area (Å²) in [5, 5.41) is 8.15. The first-order valence-electron chi connectivity index (χ1n) is 9.81. The Morgan fingerprint density at radius 2 is 1.91 bits per heavy atom. The van der Waals surface area contributed by atoms with Crippen LogP contribution in [0.15, 0.2) is 65.3 Å². The molecular weight excluding hydrogens is 432 g/mol. The molecule has 4 rings (SSSR count). The van der Waals surface area contributed by atoms with Crippen molar-refractivity contribution in [1.82, 2.24) is 14.8 Å². The fraction of sp³-hybridized carbons (Fsp3) is 0.174. The van der Waals surface area contributed by atoms with Gasteiger partial charge in [0.2, 0.25) is 11.8 Å². The minimum absolute atomic E-state index is 0.0854. The number of methoxy groups -OCH3 is 2. The van der Waals surface area contributed by atoms with E-state index < -0.39 is 0 Å². The molecule has 9 heteroatoms. The standard InChI is InChI=1S/C23H21ClN4O4/c1-30-18-10-9-15(12-20(18)31-2)13-21(29)28-23(25-14-16-6-3-4-7-17(16)24)26-22(27-28)19-8-5-11-32-19/h3-12H,13-14H2,1-2H3,(H,25,26,27). The minimum Gasteiger partial charge on any atom is -0.493 e. The number of anilines is 1. The van der Waals surface area contributed by atoms with Crippen molar-refractivity contribution in [2.45, 2.75) is 13.0 Å². The van der Waals surface area contributed by atoms with Crippen molar-refractivity contribution in [3.8, 4) is 23.1 Å². The van der Waals surface area contributed by atoms with Crippen molar-refractivity contribution in [1.29, 1.82) is 0 Å². The molecule has 0 unspecified atom stereocenters. The van der Waals surface area contributed by atoms with Crippen LogP contribution in [0.5, 0.6) is 11.5 Å². The maximum absolute atomic E-state index is 13.1. The Kier molecular flexibility index (Phi) is 6.42. The summed E-state index contributed by atoms with van der Waals surface area (Å²) in [4.78, 5) is 17.6. The predicted molar refractivity (Wildman–Crippen MR) is 120 cm³/mol. The highest BCUT2D eigenvalue weighted by Crippen LogP contribution is 2.28. The normalized spacial score (nSPS) is 10.7. The molecular formula is C23H21ClN4O4. The molecule has 0 bridgehead atoms. The number of halogens is 1. The number of hydrogen-bond donors (Lipinski definition) is 1. The van der Waals surface area contributed by atoms with Gasteiger partial charge in [-0.25, -0.2) is 0 Å². The van der Waals surface area contributed by atoms with Gasteiger partial charge in [0.05, 0.1) is 26.9 Å². The topological polar surface area (TPSA) is 91.4 Å². The fourth-order valence-corrected chi connectivity index (χ4v) is 3.37. The van der Waals surface area contributed by atoms with Crippen LogP contribution in [0.1, 0.15) is 15.9 Å². The van der Waals surface area contributed by atoms with Crippen LogP contribution in [0.25, 0.3) is 11.6 Å². The Hall–Kier alpha value is -3.78.